The Morgan fingerprint density at radius 3 is 2.73 bits per heavy atom. The Morgan fingerprint density at radius 2 is 1.93 bits per heavy atom. The predicted octanol–water partition coefficient (Wildman–Crippen LogP) is 4.19. The first-order chi connectivity index (χ1) is 14.3. The molecule has 0 spiro atoms. The number of nitrogens with zero attached hydrogens (tertiary/aromatic N) is 2. The van der Waals surface area contributed by atoms with Gasteiger partial charge >= 0.3 is 6.09 Å². The monoisotopic (exact) mass is 408 g/mol. The van der Waals surface area contributed by atoms with Gasteiger partial charge in [-0.3, -0.25) is 9.78 Å². The molecule has 1 saturated heterocycles. The molecule has 1 aromatic carbocycles. The fourth-order valence-electron chi connectivity index (χ4n) is 3.94. The third kappa shape index (κ3) is 4.81. The number of likely N-dealkylation sites (tertiary alicyclic amines) is 1. The molecule has 4 rings (SSSR count). The van der Waals surface area contributed by atoms with Gasteiger partial charge in [0.05, 0.1) is 12.7 Å². The molecule has 0 bridgehead atoms. The van der Waals surface area contributed by atoms with Gasteiger partial charge in [-0.1, -0.05) is 18.2 Å². The highest BCUT2D eigenvalue weighted by molar-refractivity contribution is 5.83. The number of benzene rings is 1. The standard InChI is InChI=1S/C24H28N2O4/c1-24(2,3)30-23(28)26-9-8-21(15-26)29-22-12-19(13-25-14-22)17-4-5-18-11-20(27)7-6-16(18)10-17/h4-5,10,12-14,21H,6-9,11,15H2,1-3H3/t21-/m0/s1. The Hall–Kier alpha value is -2.89. The number of rotatable bonds is 3. The molecule has 1 aromatic heterocycles. The average Bonchev–Trinajstić information content (AvgIpc) is 3.15. The van der Waals surface area contributed by atoms with Crippen LogP contribution in [0.3, 0.4) is 0 Å². The number of hydrogen-bond donors (Lipinski definition) is 0. The third-order valence-electron chi connectivity index (χ3n) is 5.41. The van der Waals surface area contributed by atoms with Gasteiger partial charge in [-0.05, 0) is 49.9 Å². The Balaban J connectivity index is 1.42. The highest BCUT2D eigenvalue weighted by Gasteiger charge is 2.31. The molecule has 1 aliphatic heterocycles. The molecule has 2 aliphatic rings. The summed E-state index contributed by atoms with van der Waals surface area (Å²) in [6, 6.07) is 8.23. The number of carbonyl (C=O) groups excluding carboxylic acids is 2. The molecule has 6 nitrogen and oxygen atoms in total. The van der Waals surface area contributed by atoms with Gasteiger partial charge in [-0.25, -0.2) is 4.79 Å². The molecule has 158 valence electrons. The molecular formula is C24H28N2O4. The van der Waals surface area contributed by atoms with E-state index in [0.29, 0.717) is 37.5 Å². The summed E-state index contributed by atoms with van der Waals surface area (Å²) < 4.78 is 11.6. The lowest BCUT2D eigenvalue weighted by Crippen LogP contribution is -2.36. The van der Waals surface area contributed by atoms with E-state index >= 15 is 0 Å². The molecule has 6 heteroatoms. The fourth-order valence-corrected chi connectivity index (χ4v) is 3.94. The Labute approximate surface area is 177 Å². The molecular weight excluding hydrogens is 380 g/mol. The summed E-state index contributed by atoms with van der Waals surface area (Å²) in [5, 5.41) is 0. The Bertz CT molecular complexity index is 964. The van der Waals surface area contributed by atoms with Crippen LogP contribution in [0.1, 0.15) is 44.7 Å². The molecule has 2 aromatic rings. The summed E-state index contributed by atoms with van der Waals surface area (Å²) in [7, 11) is 0. The number of hydrogen-bond acceptors (Lipinski definition) is 5. The van der Waals surface area contributed by atoms with E-state index in [2.05, 4.69) is 11.1 Å². The molecule has 1 aliphatic carbocycles. The van der Waals surface area contributed by atoms with E-state index in [4.69, 9.17) is 9.47 Å². The molecule has 1 fully saturated rings. The number of pyridine rings is 1. The zero-order chi connectivity index (χ0) is 21.3. The van der Waals surface area contributed by atoms with E-state index in [0.717, 1.165) is 29.5 Å². The average molecular weight is 408 g/mol. The van der Waals surface area contributed by atoms with Crippen molar-refractivity contribution in [3.63, 3.8) is 0 Å². The zero-order valence-corrected chi connectivity index (χ0v) is 17.8. The van der Waals surface area contributed by atoms with Crippen molar-refractivity contribution in [2.75, 3.05) is 13.1 Å². The first kappa shape index (κ1) is 20.4. The Morgan fingerprint density at radius 1 is 1.10 bits per heavy atom. The molecule has 0 radical (unpaired) electrons. The van der Waals surface area contributed by atoms with Gasteiger partial charge in [0.2, 0.25) is 0 Å². The van der Waals surface area contributed by atoms with Crippen LogP contribution in [0.15, 0.2) is 36.7 Å². The first-order valence-corrected chi connectivity index (χ1v) is 10.5. The van der Waals surface area contributed by atoms with Crippen molar-refractivity contribution in [1.82, 2.24) is 9.88 Å². The van der Waals surface area contributed by atoms with Crippen molar-refractivity contribution in [1.29, 1.82) is 0 Å². The van der Waals surface area contributed by atoms with Crippen molar-refractivity contribution < 1.29 is 19.1 Å². The van der Waals surface area contributed by atoms with Crippen LogP contribution < -0.4 is 4.74 Å². The van der Waals surface area contributed by atoms with Gasteiger partial charge in [0.15, 0.2) is 0 Å². The minimum absolute atomic E-state index is 0.0795. The molecule has 30 heavy (non-hydrogen) atoms. The van der Waals surface area contributed by atoms with Crippen LogP contribution in [0.25, 0.3) is 11.1 Å². The van der Waals surface area contributed by atoms with Gasteiger partial charge in [-0.2, -0.15) is 0 Å². The molecule has 2 heterocycles. The maximum Gasteiger partial charge on any atom is 0.410 e. The van der Waals surface area contributed by atoms with Crippen molar-refractivity contribution in [3.05, 3.63) is 47.8 Å². The highest BCUT2D eigenvalue weighted by Crippen LogP contribution is 2.29. The molecule has 0 N–H and O–H groups in total. The molecule has 1 atom stereocenters. The van der Waals surface area contributed by atoms with Crippen LogP contribution in [-0.2, 0) is 22.4 Å². The second-order valence-corrected chi connectivity index (χ2v) is 9.06. The van der Waals surface area contributed by atoms with Crippen LogP contribution in [-0.4, -0.2) is 46.6 Å². The van der Waals surface area contributed by atoms with Crippen LogP contribution in [0.2, 0.25) is 0 Å². The second-order valence-electron chi connectivity index (χ2n) is 9.06. The summed E-state index contributed by atoms with van der Waals surface area (Å²) in [4.78, 5) is 30.0. The first-order valence-electron chi connectivity index (χ1n) is 10.5. The number of aromatic nitrogens is 1. The molecule has 0 unspecified atom stereocenters. The lowest BCUT2D eigenvalue weighted by atomic mass is 9.88. The molecule has 1 amide bonds. The van der Waals surface area contributed by atoms with Gasteiger partial charge < -0.3 is 14.4 Å². The lowest BCUT2D eigenvalue weighted by Gasteiger charge is -2.24. The summed E-state index contributed by atoms with van der Waals surface area (Å²) in [5.74, 6) is 1.00. The largest absolute Gasteiger partial charge is 0.487 e. The topological polar surface area (TPSA) is 68.7 Å². The van der Waals surface area contributed by atoms with Crippen LogP contribution >= 0.6 is 0 Å². The van der Waals surface area contributed by atoms with E-state index < -0.39 is 5.60 Å². The van der Waals surface area contributed by atoms with E-state index in [1.807, 2.05) is 45.2 Å². The van der Waals surface area contributed by atoms with Crippen LogP contribution in [0.4, 0.5) is 4.79 Å². The minimum Gasteiger partial charge on any atom is -0.487 e. The van der Waals surface area contributed by atoms with Crippen LogP contribution in [0, 0.1) is 0 Å². The van der Waals surface area contributed by atoms with Gasteiger partial charge in [-0.15, -0.1) is 0 Å². The third-order valence-corrected chi connectivity index (χ3v) is 5.41. The van der Waals surface area contributed by atoms with E-state index in [-0.39, 0.29) is 12.2 Å². The second kappa shape index (κ2) is 8.09. The zero-order valence-electron chi connectivity index (χ0n) is 17.8. The van der Waals surface area contributed by atoms with E-state index in [9.17, 15) is 9.59 Å². The summed E-state index contributed by atoms with van der Waals surface area (Å²) in [6.07, 6.45) is 5.86. The summed E-state index contributed by atoms with van der Waals surface area (Å²) in [5.41, 5.74) is 3.92. The number of fused-ring (bicyclic) bond motifs is 1. The fraction of sp³-hybridized carbons (Fsp3) is 0.458. The Kier molecular flexibility index (Phi) is 5.50. The summed E-state index contributed by atoms with van der Waals surface area (Å²) >= 11 is 0. The van der Waals surface area contributed by atoms with Gasteiger partial charge in [0, 0.05) is 37.6 Å². The smallest absolute Gasteiger partial charge is 0.410 e. The van der Waals surface area contributed by atoms with E-state index in [1.54, 1.807) is 11.1 Å². The maximum absolute atomic E-state index is 12.3. The number of carbonyl (C=O) groups is 2. The predicted molar refractivity (Wildman–Crippen MR) is 114 cm³/mol. The van der Waals surface area contributed by atoms with E-state index in [1.165, 1.54) is 5.56 Å². The lowest BCUT2D eigenvalue weighted by molar-refractivity contribution is -0.118. The highest BCUT2D eigenvalue weighted by atomic mass is 16.6. The van der Waals surface area contributed by atoms with Crippen molar-refractivity contribution in [2.24, 2.45) is 0 Å². The number of ketones is 1. The van der Waals surface area contributed by atoms with Crippen LogP contribution in [0.5, 0.6) is 5.75 Å². The number of aryl methyl sites for hydroxylation is 1. The van der Waals surface area contributed by atoms with Crippen molar-refractivity contribution >= 4 is 11.9 Å². The normalized spacial score (nSPS) is 18.8. The summed E-state index contributed by atoms with van der Waals surface area (Å²) in [6.45, 7) is 6.72. The minimum atomic E-state index is -0.504. The number of amides is 1. The van der Waals surface area contributed by atoms with Gasteiger partial charge in [0.1, 0.15) is 23.2 Å². The molecule has 0 saturated carbocycles. The number of Topliss-reactive ketones (excluding diaryl/α,β-unsaturated/α-hetero) is 1. The van der Waals surface area contributed by atoms with Crippen molar-refractivity contribution in [3.8, 4) is 16.9 Å². The SMILES string of the molecule is CC(C)(C)OC(=O)N1CC[C@H](Oc2cncc(-c3ccc4c(c3)CCC(=O)C4)c2)C1. The van der Waals surface area contributed by atoms with Gasteiger partial charge in [0.25, 0.3) is 0 Å². The quantitative estimate of drug-likeness (QED) is 0.762. The number of ether oxygens (including phenoxy) is 2. The van der Waals surface area contributed by atoms with Crippen molar-refractivity contribution in [2.45, 2.75) is 58.2 Å². The maximum atomic E-state index is 12.3.